The van der Waals surface area contributed by atoms with E-state index in [1.54, 1.807) is 36.1 Å². The summed E-state index contributed by atoms with van der Waals surface area (Å²) in [5, 5.41) is 17.9. The minimum absolute atomic E-state index is 0.0612. The summed E-state index contributed by atoms with van der Waals surface area (Å²) in [6.07, 6.45) is 1.39. The van der Waals surface area contributed by atoms with Crippen LogP contribution in [0.4, 0.5) is 10.2 Å². The Morgan fingerprint density at radius 2 is 1.83 bits per heavy atom. The number of nitrogens with zero attached hydrogens (tertiary/aromatic N) is 6. The summed E-state index contributed by atoms with van der Waals surface area (Å²) in [6, 6.07) is 17.4. The first-order chi connectivity index (χ1) is 20.3. The summed E-state index contributed by atoms with van der Waals surface area (Å²) < 4.78 is 20.5. The molecule has 0 saturated carbocycles. The molecule has 2 aliphatic rings. The van der Waals surface area contributed by atoms with E-state index in [9.17, 15) is 9.59 Å². The van der Waals surface area contributed by atoms with Gasteiger partial charge in [0.05, 0.1) is 19.1 Å². The largest absolute Gasteiger partial charge is 0.497 e. The van der Waals surface area contributed by atoms with Gasteiger partial charge in [0.2, 0.25) is 11.8 Å². The standard InChI is InChI=1S/C31H32ClFN6O3/c1-20(40)39-15-14-37(13-3-4-29(39)21-5-7-22(32)8-6-21)31(41)27-19-38(30-12-9-23(17-34)35-36-30)18-26(27)25-11-10-24(42-2)16-28(25)33/h5-12,16,26-27,29H,3-4,13-15,18-19H2,1-2H3. The van der Waals surface area contributed by atoms with Crippen molar-refractivity contribution in [3.8, 4) is 11.8 Å². The summed E-state index contributed by atoms with van der Waals surface area (Å²) in [5.41, 5.74) is 1.63. The zero-order chi connectivity index (χ0) is 29.8. The number of rotatable bonds is 5. The fourth-order valence-electron chi connectivity index (χ4n) is 6.04. The van der Waals surface area contributed by atoms with Gasteiger partial charge in [-0.05, 0) is 54.3 Å². The molecule has 0 N–H and O–H groups in total. The number of anilines is 1. The molecule has 0 aliphatic carbocycles. The predicted molar refractivity (Wildman–Crippen MR) is 156 cm³/mol. The summed E-state index contributed by atoms with van der Waals surface area (Å²) in [6.45, 7) is 3.50. The zero-order valence-electron chi connectivity index (χ0n) is 23.5. The van der Waals surface area contributed by atoms with Crippen LogP contribution in [-0.4, -0.2) is 71.6 Å². The van der Waals surface area contributed by atoms with Gasteiger partial charge in [0, 0.05) is 56.7 Å². The lowest BCUT2D eigenvalue weighted by molar-refractivity contribution is -0.139. The second-order valence-corrected chi connectivity index (χ2v) is 11.1. The SMILES string of the molecule is COc1ccc(C2CN(c3ccc(C#N)nn3)CC2C(=O)N2CCCC(c3ccc(Cl)cc3)N(C(C)=O)CC2)c(F)c1. The molecule has 2 fully saturated rings. The number of methoxy groups -OCH3 is 1. The van der Waals surface area contributed by atoms with Crippen LogP contribution in [-0.2, 0) is 9.59 Å². The Balaban J connectivity index is 1.40. The number of aromatic nitrogens is 2. The second kappa shape index (κ2) is 12.7. The summed E-state index contributed by atoms with van der Waals surface area (Å²) >= 11 is 6.09. The zero-order valence-corrected chi connectivity index (χ0v) is 24.3. The van der Waals surface area contributed by atoms with Gasteiger partial charge in [0.15, 0.2) is 11.5 Å². The van der Waals surface area contributed by atoms with Crippen molar-refractivity contribution in [3.63, 3.8) is 0 Å². The summed E-state index contributed by atoms with van der Waals surface area (Å²) in [5.74, 6) is -0.674. The highest BCUT2D eigenvalue weighted by Gasteiger charge is 2.42. The van der Waals surface area contributed by atoms with Gasteiger partial charge in [-0.2, -0.15) is 5.26 Å². The van der Waals surface area contributed by atoms with Gasteiger partial charge in [0.25, 0.3) is 0 Å². The van der Waals surface area contributed by atoms with Crippen LogP contribution in [0.1, 0.15) is 48.5 Å². The van der Waals surface area contributed by atoms with E-state index in [0.717, 1.165) is 5.56 Å². The Morgan fingerprint density at radius 3 is 2.48 bits per heavy atom. The van der Waals surface area contributed by atoms with Crippen LogP contribution in [0.2, 0.25) is 5.02 Å². The molecule has 0 radical (unpaired) electrons. The molecular formula is C31H32ClFN6O3. The number of nitriles is 1. The molecule has 218 valence electrons. The lowest BCUT2D eigenvalue weighted by Crippen LogP contribution is -2.47. The number of hydrogen-bond donors (Lipinski definition) is 0. The molecule has 2 aliphatic heterocycles. The molecule has 0 bridgehead atoms. The highest BCUT2D eigenvalue weighted by atomic mass is 35.5. The number of halogens is 2. The van der Waals surface area contributed by atoms with Crippen LogP contribution >= 0.6 is 11.6 Å². The molecule has 42 heavy (non-hydrogen) atoms. The van der Waals surface area contributed by atoms with Crippen molar-refractivity contribution in [2.24, 2.45) is 5.92 Å². The van der Waals surface area contributed by atoms with Crippen LogP contribution < -0.4 is 9.64 Å². The third kappa shape index (κ3) is 6.16. The molecule has 11 heteroatoms. The Hall–Kier alpha value is -4.23. The minimum Gasteiger partial charge on any atom is -0.497 e. The molecule has 3 unspecified atom stereocenters. The van der Waals surface area contributed by atoms with Crippen molar-refractivity contribution in [1.29, 1.82) is 5.26 Å². The number of hydrogen-bond acceptors (Lipinski definition) is 7. The third-order valence-electron chi connectivity index (χ3n) is 8.20. The van der Waals surface area contributed by atoms with E-state index >= 15 is 4.39 Å². The monoisotopic (exact) mass is 590 g/mol. The van der Waals surface area contributed by atoms with Crippen LogP contribution in [0.15, 0.2) is 54.6 Å². The van der Waals surface area contributed by atoms with E-state index in [4.69, 9.17) is 21.6 Å². The van der Waals surface area contributed by atoms with Gasteiger partial charge in [-0.1, -0.05) is 29.8 Å². The molecule has 1 aromatic heterocycles. The van der Waals surface area contributed by atoms with Crippen LogP contribution in [0.5, 0.6) is 5.75 Å². The Bertz CT molecular complexity index is 1480. The maximum absolute atomic E-state index is 15.3. The van der Waals surface area contributed by atoms with Gasteiger partial charge in [-0.25, -0.2) is 4.39 Å². The van der Waals surface area contributed by atoms with Crippen LogP contribution in [0, 0.1) is 23.1 Å². The Morgan fingerprint density at radius 1 is 1.05 bits per heavy atom. The third-order valence-corrected chi connectivity index (χ3v) is 8.45. The first-order valence-corrected chi connectivity index (χ1v) is 14.3. The quantitative estimate of drug-likeness (QED) is 0.428. The van der Waals surface area contributed by atoms with E-state index in [1.165, 1.54) is 13.2 Å². The number of ether oxygens (including phenoxy) is 1. The summed E-state index contributed by atoms with van der Waals surface area (Å²) in [4.78, 5) is 32.4. The molecule has 3 heterocycles. The van der Waals surface area contributed by atoms with Crippen LogP contribution in [0.3, 0.4) is 0 Å². The number of benzene rings is 2. The predicted octanol–water partition coefficient (Wildman–Crippen LogP) is 4.58. The van der Waals surface area contributed by atoms with Crippen molar-refractivity contribution in [2.75, 3.05) is 44.7 Å². The van der Waals surface area contributed by atoms with E-state index in [2.05, 4.69) is 10.2 Å². The van der Waals surface area contributed by atoms with Gasteiger partial charge < -0.3 is 19.4 Å². The first-order valence-electron chi connectivity index (χ1n) is 13.9. The molecule has 2 saturated heterocycles. The minimum atomic E-state index is -0.553. The molecular weight excluding hydrogens is 559 g/mol. The highest BCUT2D eigenvalue weighted by Crippen LogP contribution is 2.38. The fourth-order valence-corrected chi connectivity index (χ4v) is 6.16. The normalized spacial score (nSPS) is 20.9. The molecule has 0 spiro atoms. The fraction of sp³-hybridized carbons (Fsp3) is 0.387. The van der Waals surface area contributed by atoms with E-state index in [-0.39, 0.29) is 23.6 Å². The molecule has 9 nitrogen and oxygen atoms in total. The maximum Gasteiger partial charge on any atom is 0.228 e. The average molecular weight is 591 g/mol. The van der Waals surface area contributed by atoms with E-state index in [1.807, 2.05) is 40.1 Å². The number of carbonyl (C=O) groups is 2. The van der Waals surface area contributed by atoms with Crippen LogP contribution in [0.25, 0.3) is 0 Å². The topological polar surface area (TPSA) is 103 Å². The van der Waals surface area contributed by atoms with Crippen molar-refractivity contribution >= 4 is 29.2 Å². The maximum atomic E-state index is 15.3. The highest BCUT2D eigenvalue weighted by molar-refractivity contribution is 6.30. The first kappa shape index (κ1) is 29.3. The van der Waals surface area contributed by atoms with E-state index in [0.29, 0.717) is 67.7 Å². The van der Waals surface area contributed by atoms with Gasteiger partial charge >= 0.3 is 0 Å². The second-order valence-electron chi connectivity index (χ2n) is 10.6. The summed E-state index contributed by atoms with van der Waals surface area (Å²) in [7, 11) is 1.48. The number of carbonyl (C=O) groups excluding carboxylic acids is 2. The number of amides is 2. The van der Waals surface area contributed by atoms with Gasteiger partial charge in [-0.3, -0.25) is 9.59 Å². The lowest BCUT2D eigenvalue weighted by atomic mass is 9.87. The lowest BCUT2D eigenvalue weighted by Gasteiger charge is -2.38. The molecule has 2 amide bonds. The van der Waals surface area contributed by atoms with Crippen molar-refractivity contribution in [2.45, 2.75) is 31.7 Å². The molecule has 5 rings (SSSR count). The molecule has 3 atom stereocenters. The Labute approximate surface area is 249 Å². The van der Waals surface area contributed by atoms with Gasteiger partial charge in [0.1, 0.15) is 17.6 Å². The smallest absolute Gasteiger partial charge is 0.228 e. The van der Waals surface area contributed by atoms with Crippen molar-refractivity contribution in [3.05, 3.63) is 82.3 Å². The van der Waals surface area contributed by atoms with Gasteiger partial charge in [-0.15, -0.1) is 10.2 Å². The molecule has 3 aromatic rings. The Kier molecular flexibility index (Phi) is 8.88. The van der Waals surface area contributed by atoms with Crippen molar-refractivity contribution in [1.82, 2.24) is 20.0 Å². The van der Waals surface area contributed by atoms with E-state index < -0.39 is 17.7 Å². The molecule has 2 aromatic carbocycles. The average Bonchev–Trinajstić information content (AvgIpc) is 3.42. The van der Waals surface area contributed by atoms with Crippen molar-refractivity contribution < 1.29 is 18.7 Å².